The van der Waals surface area contributed by atoms with Crippen LogP contribution in [0.5, 0.6) is 11.5 Å². The summed E-state index contributed by atoms with van der Waals surface area (Å²) in [6.07, 6.45) is 2.01. The maximum atomic E-state index is 9.22. The van der Waals surface area contributed by atoms with E-state index in [0.717, 1.165) is 18.4 Å². The molecule has 0 aliphatic carbocycles. The summed E-state index contributed by atoms with van der Waals surface area (Å²) in [5, 5.41) is 18.4. The third-order valence-electron chi connectivity index (χ3n) is 2.24. The monoisotopic (exact) mass is 180 g/mol. The summed E-state index contributed by atoms with van der Waals surface area (Å²) < 4.78 is 0. The maximum Gasteiger partial charge on any atom is 0.119 e. The van der Waals surface area contributed by atoms with Gasteiger partial charge in [0.25, 0.3) is 0 Å². The van der Waals surface area contributed by atoms with Crippen LogP contribution in [0.25, 0.3) is 0 Å². The van der Waals surface area contributed by atoms with Gasteiger partial charge in [-0.2, -0.15) is 0 Å². The van der Waals surface area contributed by atoms with Crippen LogP contribution >= 0.6 is 0 Å². The minimum atomic E-state index is 0.137. The minimum Gasteiger partial charge on any atom is -0.508 e. The predicted octanol–water partition coefficient (Wildman–Crippen LogP) is 2.69. The largest absolute Gasteiger partial charge is 0.508 e. The van der Waals surface area contributed by atoms with Crippen molar-refractivity contribution in [3.8, 4) is 11.5 Å². The van der Waals surface area contributed by atoms with E-state index < -0.39 is 0 Å². The van der Waals surface area contributed by atoms with Gasteiger partial charge in [0, 0.05) is 6.07 Å². The average Bonchev–Trinajstić information content (AvgIpc) is 2.02. The van der Waals surface area contributed by atoms with E-state index in [9.17, 15) is 10.2 Å². The fourth-order valence-electron chi connectivity index (χ4n) is 1.32. The number of phenolic OH excluding ortho intramolecular Hbond substituents is 2. The topological polar surface area (TPSA) is 40.5 Å². The lowest BCUT2D eigenvalue weighted by Gasteiger charge is -2.08. The van der Waals surface area contributed by atoms with Gasteiger partial charge in [0.05, 0.1) is 0 Å². The quantitative estimate of drug-likeness (QED) is 0.750. The molecule has 2 nitrogen and oxygen atoms in total. The van der Waals surface area contributed by atoms with Crippen LogP contribution in [0.1, 0.15) is 25.8 Å². The highest BCUT2D eigenvalue weighted by atomic mass is 16.3. The normalized spacial score (nSPS) is 12.8. The van der Waals surface area contributed by atoms with Gasteiger partial charge in [-0.1, -0.05) is 20.3 Å². The molecule has 0 radical (unpaired) electrons. The highest BCUT2D eigenvalue weighted by Crippen LogP contribution is 2.22. The fraction of sp³-hybridized carbons (Fsp3) is 0.455. The Bertz CT molecular complexity index is 261. The van der Waals surface area contributed by atoms with Crippen LogP contribution in [-0.4, -0.2) is 10.2 Å². The molecular formula is C11H16O2. The van der Waals surface area contributed by atoms with Crippen molar-refractivity contribution in [3.63, 3.8) is 0 Å². The van der Waals surface area contributed by atoms with Crippen LogP contribution < -0.4 is 0 Å². The van der Waals surface area contributed by atoms with Crippen LogP contribution in [0.3, 0.4) is 0 Å². The van der Waals surface area contributed by atoms with Gasteiger partial charge >= 0.3 is 0 Å². The first-order chi connectivity index (χ1) is 6.11. The second kappa shape index (κ2) is 4.17. The zero-order valence-electron chi connectivity index (χ0n) is 8.12. The Morgan fingerprint density at radius 2 is 1.69 bits per heavy atom. The molecule has 0 spiro atoms. The molecule has 2 N–H and O–H groups in total. The molecule has 1 aromatic rings. The minimum absolute atomic E-state index is 0.137. The zero-order valence-corrected chi connectivity index (χ0v) is 8.12. The van der Waals surface area contributed by atoms with E-state index >= 15 is 0 Å². The van der Waals surface area contributed by atoms with Gasteiger partial charge in [-0.15, -0.1) is 0 Å². The molecule has 0 heterocycles. The summed E-state index contributed by atoms with van der Waals surface area (Å²) in [4.78, 5) is 0. The highest BCUT2D eigenvalue weighted by molar-refractivity contribution is 5.36. The third-order valence-corrected chi connectivity index (χ3v) is 2.24. The van der Waals surface area contributed by atoms with Crippen molar-refractivity contribution in [1.29, 1.82) is 0 Å². The molecule has 0 saturated carbocycles. The molecule has 0 aliphatic heterocycles. The number of aromatic hydroxyl groups is 2. The summed E-state index contributed by atoms with van der Waals surface area (Å²) in [5.74, 6) is 0.859. The first-order valence-electron chi connectivity index (χ1n) is 4.63. The van der Waals surface area contributed by atoms with Crippen LogP contribution in [0.2, 0.25) is 0 Å². The molecule has 0 aromatic heterocycles. The molecule has 1 rings (SSSR count). The van der Waals surface area contributed by atoms with Crippen molar-refractivity contribution in [2.75, 3.05) is 0 Å². The Hall–Kier alpha value is -1.18. The van der Waals surface area contributed by atoms with E-state index in [0.29, 0.717) is 5.92 Å². The van der Waals surface area contributed by atoms with Crippen LogP contribution in [0.15, 0.2) is 18.2 Å². The number of benzene rings is 1. The lowest BCUT2D eigenvalue weighted by Crippen LogP contribution is -1.97. The standard InChI is InChI=1S/C11H16O2/c1-3-8(2)4-9-5-10(12)7-11(13)6-9/h5-8,12-13H,3-4H2,1-2H3. The Labute approximate surface area is 78.8 Å². The Balaban J connectivity index is 2.77. The van der Waals surface area contributed by atoms with Crippen molar-refractivity contribution in [2.45, 2.75) is 26.7 Å². The molecular weight excluding hydrogens is 164 g/mol. The second-order valence-corrected chi connectivity index (χ2v) is 3.58. The Morgan fingerprint density at radius 3 is 2.15 bits per heavy atom. The number of phenols is 2. The number of hydrogen-bond donors (Lipinski definition) is 2. The van der Waals surface area contributed by atoms with Gasteiger partial charge in [-0.05, 0) is 30.0 Å². The maximum absolute atomic E-state index is 9.22. The van der Waals surface area contributed by atoms with E-state index in [-0.39, 0.29) is 11.5 Å². The third kappa shape index (κ3) is 2.98. The molecule has 0 bridgehead atoms. The summed E-state index contributed by atoms with van der Waals surface area (Å²) in [6.45, 7) is 4.29. The van der Waals surface area contributed by atoms with E-state index in [1.165, 1.54) is 6.07 Å². The van der Waals surface area contributed by atoms with E-state index in [1.54, 1.807) is 12.1 Å². The summed E-state index contributed by atoms with van der Waals surface area (Å²) in [6, 6.07) is 4.75. The van der Waals surface area contributed by atoms with Gasteiger partial charge < -0.3 is 10.2 Å². The second-order valence-electron chi connectivity index (χ2n) is 3.58. The summed E-state index contributed by atoms with van der Waals surface area (Å²) >= 11 is 0. The molecule has 1 unspecified atom stereocenters. The average molecular weight is 180 g/mol. The van der Waals surface area contributed by atoms with Crippen molar-refractivity contribution < 1.29 is 10.2 Å². The van der Waals surface area contributed by atoms with Gasteiger partial charge in [-0.3, -0.25) is 0 Å². The van der Waals surface area contributed by atoms with Crippen LogP contribution in [0, 0.1) is 5.92 Å². The van der Waals surface area contributed by atoms with Gasteiger partial charge in [0.15, 0.2) is 0 Å². The SMILES string of the molecule is CCC(C)Cc1cc(O)cc(O)c1. The molecule has 0 aliphatic rings. The molecule has 1 atom stereocenters. The predicted molar refractivity (Wildman–Crippen MR) is 52.9 cm³/mol. The number of hydrogen-bond acceptors (Lipinski definition) is 2. The molecule has 2 heteroatoms. The van der Waals surface area contributed by atoms with Crippen molar-refractivity contribution in [1.82, 2.24) is 0 Å². The lowest BCUT2D eigenvalue weighted by atomic mass is 9.99. The summed E-state index contributed by atoms with van der Waals surface area (Å²) in [5.41, 5.74) is 0.992. The van der Waals surface area contributed by atoms with E-state index in [4.69, 9.17) is 0 Å². The smallest absolute Gasteiger partial charge is 0.119 e. The molecule has 13 heavy (non-hydrogen) atoms. The number of rotatable bonds is 3. The summed E-state index contributed by atoms with van der Waals surface area (Å²) in [7, 11) is 0. The van der Waals surface area contributed by atoms with Crippen molar-refractivity contribution in [2.24, 2.45) is 5.92 Å². The lowest BCUT2D eigenvalue weighted by molar-refractivity contribution is 0.447. The van der Waals surface area contributed by atoms with Gasteiger partial charge in [0.2, 0.25) is 0 Å². The molecule has 0 fully saturated rings. The first kappa shape index (κ1) is 9.90. The van der Waals surface area contributed by atoms with E-state index in [1.807, 2.05) is 0 Å². The molecule has 72 valence electrons. The molecule has 0 saturated heterocycles. The van der Waals surface area contributed by atoms with Gasteiger partial charge in [0.1, 0.15) is 11.5 Å². The molecule has 1 aromatic carbocycles. The van der Waals surface area contributed by atoms with Crippen LogP contribution in [-0.2, 0) is 6.42 Å². The first-order valence-corrected chi connectivity index (χ1v) is 4.63. The zero-order chi connectivity index (χ0) is 9.84. The fourth-order valence-corrected chi connectivity index (χ4v) is 1.32. The van der Waals surface area contributed by atoms with Crippen LogP contribution in [0.4, 0.5) is 0 Å². The molecule has 0 amide bonds. The van der Waals surface area contributed by atoms with Gasteiger partial charge in [-0.25, -0.2) is 0 Å². The Morgan fingerprint density at radius 1 is 1.15 bits per heavy atom. The van der Waals surface area contributed by atoms with Crippen molar-refractivity contribution >= 4 is 0 Å². The van der Waals surface area contributed by atoms with E-state index in [2.05, 4.69) is 13.8 Å². The van der Waals surface area contributed by atoms with Crippen molar-refractivity contribution in [3.05, 3.63) is 23.8 Å². The Kier molecular flexibility index (Phi) is 3.18. The highest BCUT2D eigenvalue weighted by Gasteiger charge is 2.03.